The van der Waals surface area contributed by atoms with Crippen LogP contribution in [0.3, 0.4) is 0 Å². The normalized spacial score (nSPS) is 21.8. The summed E-state index contributed by atoms with van der Waals surface area (Å²) >= 11 is 0. The van der Waals surface area contributed by atoms with Crippen molar-refractivity contribution in [3.8, 4) is 17.0 Å². The van der Waals surface area contributed by atoms with Crippen LogP contribution >= 0.6 is 0 Å². The summed E-state index contributed by atoms with van der Waals surface area (Å²) in [5, 5.41) is 0. The first-order valence-corrected chi connectivity index (χ1v) is 10.4. The van der Waals surface area contributed by atoms with Gasteiger partial charge in [0.1, 0.15) is 18.1 Å². The Kier molecular flexibility index (Phi) is 5.67. The highest BCUT2D eigenvalue weighted by molar-refractivity contribution is 5.72. The van der Waals surface area contributed by atoms with E-state index in [1.165, 1.54) is 12.3 Å². The van der Waals surface area contributed by atoms with Crippen molar-refractivity contribution in [2.45, 2.75) is 58.0 Å². The van der Waals surface area contributed by atoms with E-state index >= 15 is 0 Å². The monoisotopic (exact) mass is 402 g/mol. The molecule has 1 fully saturated rings. The first-order chi connectivity index (χ1) is 13.9. The zero-order valence-corrected chi connectivity index (χ0v) is 17.0. The van der Waals surface area contributed by atoms with Gasteiger partial charge in [0.15, 0.2) is 17.4 Å². The van der Waals surface area contributed by atoms with Gasteiger partial charge in [0.25, 0.3) is 0 Å². The number of nitrogens with zero attached hydrogens (tertiary/aromatic N) is 3. The van der Waals surface area contributed by atoms with Crippen LogP contribution in [0.4, 0.5) is 14.5 Å². The number of rotatable bonds is 4. The Labute approximate surface area is 170 Å². The minimum atomic E-state index is -0.549. The number of hydrogen-bond acceptors (Lipinski definition) is 5. The summed E-state index contributed by atoms with van der Waals surface area (Å²) in [6, 6.07) is 3.53. The number of anilines is 1. The highest BCUT2D eigenvalue weighted by atomic mass is 19.1. The molecule has 1 aliphatic carbocycles. The molecule has 1 aromatic carbocycles. The summed E-state index contributed by atoms with van der Waals surface area (Å²) in [6.45, 7) is 5.17. The topological polar surface area (TPSA) is 64.3 Å². The molecule has 2 N–H and O–H groups in total. The summed E-state index contributed by atoms with van der Waals surface area (Å²) in [5.41, 5.74) is 7.17. The largest absolute Gasteiger partial charge is 0.486 e. The van der Waals surface area contributed by atoms with Crippen molar-refractivity contribution < 1.29 is 13.5 Å². The van der Waals surface area contributed by atoms with Gasteiger partial charge < -0.3 is 15.4 Å². The van der Waals surface area contributed by atoms with Crippen LogP contribution in [0.1, 0.15) is 45.4 Å². The van der Waals surface area contributed by atoms with Crippen molar-refractivity contribution in [3.63, 3.8) is 0 Å². The lowest BCUT2D eigenvalue weighted by Gasteiger charge is -2.34. The second kappa shape index (κ2) is 8.22. The molecule has 0 radical (unpaired) electrons. The molecule has 0 atom stereocenters. The van der Waals surface area contributed by atoms with Crippen molar-refractivity contribution in [1.29, 1.82) is 0 Å². The van der Waals surface area contributed by atoms with Crippen LogP contribution in [0.2, 0.25) is 0 Å². The Morgan fingerprint density at radius 2 is 1.93 bits per heavy atom. The predicted octanol–water partition coefficient (Wildman–Crippen LogP) is 4.09. The molecule has 2 aliphatic rings. The fourth-order valence-electron chi connectivity index (χ4n) is 4.33. The summed E-state index contributed by atoms with van der Waals surface area (Å²) in [4.78, 5) is 10.7. The number of ether oxygens (including phenoxy) is 1. The minimum absolute atomic E-state index is 0.137. The smallest absolute Gasteiger partial charge is 0.178 e. The average Bonchev–Trinajstić information content (AvgIpc) is 2.70. The van der Waals surface area contributed by atoms with Crippen LogP contribution in [-0.4, -0.2) is 35.2 Å². The van der Waals surface area contributed by atoms with Gasteiger partial charge in [-0.05, 0) is 57.6 Å². The highest BCUT2D eigenvalue weighted by Crippen LogP contribution is 2.39. The SMILES string of the molecule is CC(C)N1CCOc2c(F)cc(-c3nc(CC4CCC(N)CC4)ncc3F)cc21. The summed E-state index contributed by atoms with van der Waals surface area (Å²) < 4.78 is 34.9. The molecule has 4 rings (SSSR count). The maximum absolute atomic E-state index is 14.8. The van der Waals surface area contributed by atoms with Crippen LogP contribution in [0.15, 0.2) is 18.3 Å². The highest BCUT2D eigenvalue weighted by Gasteiger charge is 2.26. The van der Waals surface area contributed by atoms with Gasteiger partial charge in [-0.3, -0.25) is 0 Å². The van der Waals surface area contributed by atoms with Crippen molar-refractivity contribution >= 4 is 5.69 Å². The van der Waals surface area contributed by atoms with E-state index in [0.717, 1.165) is 25.7 Å². The Bertz CT molecular complexity index is 881. The van der Waals surface area contributed by atoms with E-state index in [-0.39, 0.29) is 23.5 Å². The molecule has 1 saturated carbocycles. The summed E-state index contributed by atoms with van der Waals surface area (Å²) in [7, 11) is 0. The molecule has 0 spiro atoms. The lowest BCUT2D eigenvalue weighted by atomic mass is 9.84. The third kappa shape index (κ3) is 4.20. The summed E-state index contributed by atoms with van der Waals surface area (Å²) in [6.07, 6.45) is 5.95. The lowest BCUT2D eigenvalue weighted by Crippen LogP contribution is -2.38. The fourth-order valence-corrected chi connectivity index (χ4v) is 4.33. The lowest BCUT2D eigenvalue weighted by molar-refractivity contribution is 0.287. The van der Waals surface area contributed by atoms with E-state index in [9.17, 15) is 8.78 Å². The zero-order valence-electron chi connectivity index (χ0n) is 17.0. The Morgan fingerprint density at radius 3 is 2.66 bits per heavy atom. The van der Waals surface area contributed by atoms with Gasteiger partial charge in [0, 0.05) is 24.1 Å². The minimum Gasteiger partial charge on any atom is -0.486 e. The van der Waals surface area contributed by atoms with E-state index in [2.05, 4.69) is 14.9 Å². The second-order valence-electron chi connectivity index (χ2n) is 8.41. The van der Waals surface area contributed by atoms with E-state index in [1.54, 1.807) is 6.07 Å². The maximum atomic E-state index is 14.8. The number of nitrogens with two attached hydrogens (primary N) is 1. The van der Waals surface area contributed by atoms with Crippen molar-refractivity contribution in [2.75, 3.05) is 18.1 Å². The van der Waals surface area contributed by atoms with Crippen LogP contribution in [0.25, 0.3) is 11.3 Å². The van der Waals surface area contributed by atoms with Crippen molar-refractivity contribution in [3.05, 3.63) is 35.8 Å². The third-order valence-corrected chi connectivity index (χ3v) is 5.97. The molecule has 2 aromatic rings. The van der Waals surface area contributed by atoms with Gasteiger partial charge in [-0.15, -0.1) is 0 Å². The first kappa shape index (κ1) is 20.0. The van der Waals surface area contributed by atoms with Gasteiger partial charge in [0.2, 0.25) is 0 Å². The molecule has 156 valence electrons. The second-order valence-corrected chi connectivity index (χ2v) is 8.41. The van der Waals surface area contributed by atoms with E-state index in [0.29, 0.717) is 42.6 Å². The molecule has 0 amide bonds. The Morgan fingerprint density at radius 1 is 1.17 bits per heavy atom. The molecular formula is C22H28F2N4O. The first-order valence-electron chi connectivity index (χ1n) is 10.4. The molecule has 1 aliphatic heterocycles. The average molecular weight is 402 g/mol. The van der Waals surface area contributed by atoms with Gasteiger partial charge in [-0.25, -0.2) is 18.7 Å². The molecule has 0 saturated heterocycles. The van der Waals surface area contributed by atoms with Crippen molar-refractivity contribution in [1.82, 2.24) is 9.97 Å². The summed E-state index contributed by atoms with van der Waals surface area (Å²) in [5.74, 6) is 0.229. The molecule has 0 unspecified atom stereocenters. The fraction of sp³-hybridized carbons (Fsp3) is 0.545. The van der Waals surface area contributed by atoms with Gasteiger partial charge in [-0.2, -0.15) is 0 Å². The van der Waals surface area contributed by atoms with Crippen LogP contribution in [0.5, 0.6) is 5.75 Å². The molecule has 2 heterocycles. The van der Waals surface area contributed by atoms with Crippen LogP contribution < -0.4 is 15.4 Å². The maximum Gasteiger partial charge on any atom is 0.178 e. The van der Waals surface area contributed by atoms with E-state index in [1.807, 2.05) is 13.8 Å². The molecule has 5 nitrogen and oxygen atoms in total. The van der Waals surface area contributed by atoms with E-state index in [4.69, 9.17) is 10.5 Å². The number of benzene rings is 1. The Balaban J connectivity index is 1.66. The quantitative estimate of drug-likeness (QED) is 0.835. The number of hydrogen-bond donors (Lipinski definition) is 1. The zero-order chi connectivity index (χ0) is 20.5. The van der Waals surface area contributed by atoms with E-state index < -0.39 is 11.6 Å². The Hall–Kier alpha value is -2.28. The third-order valence-electron chi connectivity index (χ3n) is 5.97. The van der Waals surface area contributed by atoms with Gasteiger partial charge in [0.05, 0.1) is 18.4 Å². The molecular weight excluding hydrogens is 374 g/mol. The number of halogens is 2. The molecule has 7 heteroatoms. The molecule has 0 bridgehead atoms. The van der Waals surface area contributed by atoms with Crippen LogP contribution in [-0.2, 0) is 6.42 Å². The number of fused-ring (bicyclic) bond motifs is 1. The molecule has 29 heavy (non-hydrogen) atoms. The molecule has 1 aromatic heterocycles. The predicted molar refractivity (Wildman–Crippen MR) is 109 cm³/mol. The van der Waals surface area contributed by atoms with Crippen molar-refractivity contribution in [2.24, 2.45) is 11.7 Å². The standard InChI is InChI=1S/C22H28F2N4O/c1-13(2)28-7-8-29-22-17(23)10-15(11-19(22)28)21-18(24)12-26-20(27-21)9-14-3-5-16(25)6-4-14/h10-14,16H,3-9,25H2,1-2H3. The van der Waals surface area contributed by atoms with Gasteiger partial charge >= 0.3 is 0 Å². The van der Waals surface area contributed by atoms with Crippen LogP contribution in [0, 0.1) is 17.6 Å². The van der Waals surface area contributed by atoms with Gasteiger partial charge in [-0.1, -0.05) is 0 Å². The number of aromatic nitrogens is 2.